The summed E-state index contributed by atoms with van der Waals surface area (Å²) in [5.41, 5.74) is 2.09. The zero-order valence-corrected chi connectivity index (χ0v) is 11.1. The molecule has 0 atom stereocenters. The molecule has 4 nitrogen and oxygen atoms in total. The lowest BCUT2D eigenvalue weighted by Crippen LogP contribution is -2.16. The van der Waals surface area contributed by atoms with Gasteiger partial charge in [-0.2, -0.15) is 0 Å². The first-order valence-electron chi connectivity index (χ1n) is 5.79. The number of rotatable bonds is 2. The Bertz CT molecular complexity index is 783. The van der Waals surface area contributed by atoms with Crippen LogP contribution in [0.2, 0.25) is 5.28 Å². The van der Waals surface area contributed by atoms with Crippen LogP contribution in [0.4, 0.5) is 13.2 Å². The molecule has 0 amide bonds. The lowest BCUT2D eigenvalue weighted by atomic mass is 10.1. The summed E-state index contributed by atoms with van der Waals surface area (Å²) < 4.78 is 41.7. The summed E-state index contributed by atoms with van der Waals surface area (Å²) in [6.45, 7) is 0. The highest BCUT2D eigenvalue weighted by Gasteiger charge is 2.30. The monoisotopic (exact) mass is 313 g/mol. The van der Waals surface area contributed by atoms with Crippen molar-refractivity contribution in [3.8, 4) is 17.0 Å². The molecule has 0 aliphatic carbocycles. The molecule has 0 radical (unpaired) electrons. The van der Waals surface area contributed by atoms with Crippen LogP contribution in [-0.2, 0) is 0 Å². The Morgan fingerprint density at radius 2 is 1.76 bits per heavy atom. The third kappa shape index (κ3) is 2.92. The Morgan fingerprint density at radius 1 is 1.05 bits per heavy atom. The number of halogens is 4. The predicted octanol–water partition coefficient (Wildman–Crippen LogP) is 3.95. The van der Waals surface area contributed by atoms with Crippen molar-refractivity contribution in [2.75, 3.05) is 0 Å². The van der Waals surface area contributed by atoms with Gasteiger partial charge in [0, 0.05) is 5.56 Å². The standard InChI is InChI=1S/C13H7ClF3N3O/c14-12-18-7-9-3-6-11(20(9)19-12)8-1-4-10(5-2-8)21-13(15,16)17/h1-7H. The fourth-order valence-corrected chi connectivity index (χ4v) is 2.05. The van der Waals surface area contributed by atoms with Crippen molar-refractivity contribution in [2.45, 2.75) is 6.36 Å². The van der Waals surface area contributed by atoms with Crippen LogP contribution in [0.5, 0.6) is 5.75 Å². The van der Waals surface area contributed by atoms with E-state index in [4.69, 9.17) is 11.6 Å². The Kier molecular flexibility index (Phi) is 3.21. The summed E-state index contributed by atoms with van der Waals surface area (Å²) in [6.07, 6.45) is -3.15. The summed E-state index contributed by atoms with van der Waals surface area (Å²) in [4.78, 5) is 3.86. The number of aromatic nitrogens is 3. The summed E-state index contributed by atoms with van der Waals surface area (Å²) in [7, 11) is 0. The molecule has 0 unspecified atom stereocenters. The minimum Gasteiger partial charge on any atom is -0.406 e. The van der Waals surface area contributed by atoms with Gasteiger partial charge in [-0.25, -0.2) is 9.50 Å². The van der Waals surface area contributed by atoms with E-state index in [0.29, 0.717) is 11.3 Å². The van der Waals surface area contributed by atoms with Crippen LogP contribution in [0.25, 0.3) is 16.8 Å². The number of benzene rings is 1. The van der Waals surface area contributed by atoms with Gasteiger partial charge in [-0.3, -0.25) is 0 Å². The van der Waals surface area contributed by atoms with E-state index in [1.165, 1.54) is 24.3 Å². The minimum absolute atomic E-state index is 0.0805. The number of nitrogens with zero attached hydrogens (tertiary/aromatic N) is 3. The molecule has 1 aromatic carbocycles. The predicted molar refractivity (Wildman–Crippen MR) is 70.1 cm³/mol. The van der Waals surface area contributed by atoms with Crippen LogP contribution in [0, 0.1) is 0 Å². The Hall–Kier alpha value is -2.28. The van der Waals surface area contributed by atoms with Crippen molar-refractivity contribution >= 4 is 17.1 Å². The van der Waals surface area contributed by atoms with Crippen molar-refractivity contribution < 1.29 is 17.9 Å². The minimum atomic E-state index is -4.70. The van der Waals surface area contributed by atoms with Gasteiger partial charge >= 0.3 is 6.36 Å². The first-order chi connectivity index (χ1) is 9.92. The highest BCUT2D eigenvalue weighted by molar-refractivity contribution is 6.28. The maximum atomic E-state index is 12.1. The van der Waals surface area contributed by atoms with Gasteiger partial charge in [0.05, 0.1) is 17.4 Å². The zero-order valence-electron chi connectivity index (χ0n) is 10.3. The summed E-state index contributed by atoms with van der Waals surface area (Å²) in [6, 6.07) is 9.07. The molecule has 8 heteroatoms. The average Bonchev–Trinajstić information content (AvgIpc) is 2.81. The van der Waals surface area contributed by atoms with Gasteiger partial charge in [0.2, 0.25) is 5.28 Å². The van der Waals surface area contributed by atoms with Crippen molar-refractivity contribution in [1.82, 2.24) is 14.6 Å². The molecule has 0 saturated carbocycles. The SMILES string of the molecule is FC(F)(F)Oc1ccc(-c2ccc3cnc(Cl)nn23)cc1. The highest BCUT2D eigenvalue weighted by atomic mass is 35.5. The molecule has 3 aromatic rings. The van der Waals surface area contributed by atoms with E-state index >= 15 is 0 Å². The van der Waals surface area contributed by atoms with Gasteiger partial charge in [-0.15, -0.1) is 18.3 Å². The van der Waals surface area contributed by atoms with Crippen molar-refractivity contribution in [3.05, 3.63) is 47.9 Å². The van der Waals surface area contributed by atoms with Crippen molar-refractivity contribution in [1.29, 1.82) is 0 Å². The molecule has 2 heterocycles. The molecule has 0 spiro atoms. The molecule has 2 aromatic heterocycles. The van der Waals surface area contributed by atoms with Gasteiger partial charge in [-0.1, -0.05) is 0 Å². The maximum absolute atomic E-state index is 12.1. The molecule has 3 rings (SSSR count). The maximum Gasteiger partial charge on any atom is 0.573 e. The third-order valence-electron chi connectivity index (χ3n) is 2.75. The van der Waals surface area contributed by atoms with Crippen LogP contribution in [0.15, 0.2) is 42.6 Å². The second-order valence-electron chi connectivity index (χ2n) is 4.15. The fourth-order valence-electron chi connectivity index (χ4n) is 1.93. The van der Waals surface area contributed by atoms with Crippen LogP contribution in [0.1, 0.15) is 0 Å². The molecule has 0 aliphatic rings. The lowest BCUT2D eigenvalue weighted by molar-refractivity contribution is -0.274. The second-order valence-corrected chi connectivity index (χ2v) is 4.49. The largest absolute Gasteiger partial charge is 0.573 e. The van der Waals surface area contributed by atoms with Crippen molar-refractivity contribution in [2.24, 2.45) is 0 Å². The average molecular weight is 314 g/mol. The van der Waals surface area contributed by atoms with E-state index in [-0.39, 0.29) is 11.0 Å². The smallest absolute Gasteiger partial charge is 0.406 e. The quantitative estimate of drug-likeness (QED) is 0.719. The molecule has 21 heavy (non-hydrogen) atoms. The summed E-state index contributed by atoms with van der Waals surface area (Å²) in [5.74, 6) is -0.278. The Morgan fingerprint density at radius 3 is 2.43 bits per heavy atom. The molecule has 0 bridgehead atoms. The fraction of sp³-hybridized carbons (Fsp3) is 0.0769. The summed E-state index contributed by atoms with van der Waals surface area (Å²) >= 11 is 5.74. The van der Waals surface area contributed by atoms with E-state index < -0.39 is 6.36 Å². The molecule has 108 valence electrons. The van der Waals surface area contributed by atoms with Crippen LogP contribution in [0.3, 0.4) is 0 Å². The topological polar surface area (TPSA) is 39.4 Å². The number of alkyl halides is 3. The molecule has 0 aliphatic heterocycles. The van der Waals surface area contributed by atoms with E-state index in [1.807, 2.05) is 0 Å². The first-order valence-corrected chi connectivity index (χ1v) is 6.17. The Balaban J connectivity index is 1.97. The number of ether oxygens (including phenoxy) is 1. The normalized spacial score (nSPS) is 11.8. The molecular weight excluding hydrogens is 307 g/mol. The van der Waals surface area contributed by atoms with Gasteiger partial charge in [0.15, 0.2) is 0 Å². The first kappa shape index (κ1) is 13.7. The number of fused-ring (bicyclic) bond motifs is 1. The number of hydrogen-bond donors (Lipinski definition) is 0. The van der Waals surface area contributed by atoms with E-state index in [9.17, 15) is 13.2 Å². The van der Waals surface area contributed by atoms with Crippen LogP contribution >= 0.6 is 11.6 Å². The van der Waals surface area contributed by atoms with E-state index in [2.05, 4.69) is 14.8 Å². The van der Waals surface area contributed by atoms with E-state index in [0.717, 1.165) is 5.52 Å². The summed E-state index contributed by atoms with van der Waals surface area (Å²) in [5, 5.41) is 4.13. The van der Waals surface area contributed by atoms with Gasteiger partial charge in [0.25, 0.3) is 0 Å². The highest BCUT2D eigenvalue weighted by Crippen LogP contribution is 2.27. The molecule has 0 saturated heterocycles. The Labute approximate surface area is 121 Å². The van der Waals surface area contributed by atoms with Crippen LogP contribution in [-0.4, -0.2) is 21.0 Å². The van der Waals surface area contributed by atoms with E-state index in [1.54, 1.807) is 22.8 Å². The number of hydrogen-bond acceptors (Lipinski definition) is 3. The van der Waals surface area contributed by atoms with Gasteiger partial charge in [-0.05, 0) is 48.0 Å². The lowest BCUT2D eigenvalue weighted by Gasteiger charge is -2.09. The molecule has 0 N–H and O–H groups in total. The zero-order chi connectivity index (χ0) is 15.0. The second kappa shape index (κ2) is 4.92. The van der Waals surface area contributed by atoms with Gasteiger partial charge < -0.3 is 4.74 Å². The molecular formula is C13H7ClF3N3O. The van der Waals surface area contributed by atoms with Gasteiger partial charge in [0.1, 0.15) is 5.75 Å². The van der Waals surface area contributed by atoms with Crippen LogP contribution < -0.4 is 4.74 Å². The third-order valence-corrected chi connectivity index (χ3v) is 2.93. The van der Waals surface area contributed by atoms with Crippen molar-refractivity contribution in [3.63, 3.8) is 0 Å². The molecule has 0 fully saturated rings.